The number of carbonyl (C=O) groups excluding carboxylic acids is 1. The van der Waals surface area contributed by atoms with Crippen molar-refractivity contribution in [3.8, 4) is 5.75 Å². The number of carbonyl (C=O) groups is 1. The molecule has 0 amide bonds. The van der Waals surface area contributed by atoms with Gasteiger partial charge in [-0.2, -0.15) is 0 Å². The van der Waals surface area contributed by atoms with E-state index in [0.717, 1.165) is 29.4 Å². The van der Waals surface area contributed by atoms with Gasteiger partial charge < -0.3 is 5.11 Å². The van der Waals surface area contributed by atoms with Crippen LogP contribution in [0.2, 0.25) is 0 Å². The average molecular weight is 385 g/mol. The minimum atomic E-state index is 0.0697. The highest BCUT2D eigenvalue weighted by molar-refractivity contribution is 5.94. The summed E-state index contributed by atoms with van der Waals surface area (Å²) in [6, 6.07) is 6.45. The Kier molecular flexibility index (Phi) is 9.20. The summed E-state index contributed by atoms with van der Waals surface area (Å²) in [5.74, 6) is 1.37. The predicted octanol–water partition coefficient (Wildman–Crippen LogP) is 7.67. The molecule has 0 fully saturated rings. The molecule has 1 N–H and O–H groups in total. The van der Waals surface area contributed by atoms with Crippen molar-refractivity contribution < 1.29 is 9.90 Å². The van der Waals surface area contributed by atoms with E-state index in [0.29, 0.717) is 18.0 Å². The van der Waals surface area contributed by atoms with Crippen LogP contribution in [0.1, 0.15) is 102 Å². The molecule has 0 aliphatic rings. The third kappa shape index (κ3) is 5.16. The zero-order valence-corrected chi connectivity index (χ0v) is 19.4. The molecule has 2 heteroatoms. The maximum absolute atomic E-state index is 12.2. The first-order valence-corrected chi connectivity index (χ1v) is 11.0. The van der Waals surface area contributed by atoms with E-state index in [9.17, 15) is 9.90 Å². The minimum absolute atomic E-state index is 0.0697. The highest BCUT2D eigenvalue weighted by Gasteiger charge is 2.22. The maximum atomic E-state index is 12.2. The molecule has 0 bridgehead atoms. The first kappa shape index (κ1) is 24.2. The van der Waals surface area contributed by atoms with Crippen LogP contribution < -0.4 is 0 Å². The smallest absolute Gasteiger partial charge is 0.135 e. The van der Waals surface area contributed by atoms with E-state index in [2.05, 4.69) is 52.8 Å². The van der Waals surface area contributed by atoms with E-state index in [1.807, 2.05) is 27.7 Å². The molecule has 0 spiro atoms. The standard InChI is InChI=1S/C24H34O2.C2H6/c1-8-16(6)22-23-18(13-20(14(2)3)24(22)26)10-9-17(7)19(23)11-12-21(25)15(4)5;1-2/h9-10,13-16,26H,8,11-12H2,1-7H3;1-2H3/t16-;/m0./s1. The number of aromatic hydroxyl groups is 1. The Balaban J connectivity index is 0.00000190. The van der Waals surface area contributed by atoms with Crippen molar-refractivity contribution in [3.05, 3.63) is 40.5 Å². The number of hydrogen-bond donors (Lipinski definition) is 1. The number of hydrogen-bond acceptors (Lipinski definition) is 2. The first-order valence-electron chi connectivity index (χ1n) is 11.0. The Morgan fingerprint density at radius 1 is 1.07 bits per heavy atom. The van der Waals surface area contributed by atoms with Crippen molar-refractivity contribution in [2.75, 3.05) is 0 Å². The van der Waals surface area contributed by atoms with Gasteiger partial charge in [0.1, 0.15) is 11.5 Å². The van der Waals surface area contributed by atoms with E-state index in [1.54, 1.807) is 0 Å². The second kappa shape index (κ2) is 10.6. The van der Waals surface area contributed by atoms with Gasteiger partial charge >= 0.3 is 0 Å². The molecule has 2 aromatic rings. The van der Waals surface area contributed by atoms with E-state index < -0.39 is 0 Å². The van der Waals surface area contributed by atoms with Crippen molar-refractivity contribution in [3.63, 3.8) is 0 Å². The van der Waals surface area contributed by atoms with Crippen molar-refractivity contribution in [2.45, 2.75) is 93.4 Å². The van der Waals surface area contributed by atoms with Gasteiger partial charge in [0.25, 0.3) is 0 Å². The van der Waals surface area contributed by atoms with Gasteiger partial charge in [0.15, 0.2) is 0 Å². The van der Waals surface area contributed by atoms with Crippen LogP contribution in [-0.4, -0.2) is 10.9 Å². The quantitative estimate of drug-likeness (QED) is 0.531. The topological polar surface area (TPSA) is 37.3 Å². The lowest BCUT2D eigenvalue weighted by Gasteiger charge is -2.23. The second-order valence-corrected chi connectivity index (χ2v) is 8.27. The molecule has 0 heterocycles. The van der Waals surface area contributed by atoms with Gasteiger partial charge in [-0.05, 0) is 65.1 Å². The lowest BCUT2D eigenvalue weighted by Crippen LogP contribution is -2.09. The summed E-state index contributed by atoms with van der Waals surface area (Å²) in [7, 11) is 0. The SMILES string of the molecule is CC.CC[C@H](C)c1c(O)c(C(C)C)cc2ccc(C)c(CCC(=O)C(C)C)c12. The molecule has 2 nitrogen and oxygen atoms in total. The summed E-state index contributed by atoms with van der Waals surface area (Å²) < 4.78 is 0. The molecule has 0 aliphatic carbocycles. The van der Waals surface area contributed by atoms with Crippen LogP contribution in [0.3, 0.4) is 0 Å². The molecule has 156 valence electrons. The molecule has 0 unspecified atom stereocenters. The molecule has 0 aromatic heterocycles. The van der Waals surface area contributed by atoms with Crippen molar-refractivity contribution >= 4 is 16.6 Å². The van der Waals surface area contributed by atoms with E-state index in [4.69, 9.17) is 0 Å². The van der Waals surface area contributed by atoms with E-state index in [1.165, 1.54) is 16.5 Å². The minimum Gasteiger partial charge on any atom is -0.507 e. The first-order chi connectivity index (χ1) is 13.2. The molecule has 2 aromatic carbocycles. The Morgan fingerprint density at radius 3 is 2.18 bits per heavy atom. The van der Waals surface area contributed by atoms with Crippen LogP contribution in [0.15, 0.2) is 18.2 Å². The summed E-state index contributed by atoms with van der Waals surface area (Å²) in [5, 5.41) is 13.4. The summed E-state index contributed by atoms with van der Waals surface area (Å²) in [6.45, 7) is 18.6. The number of phenols is 1. The summed E-state index contributed by atoms with van der Waals surface area (Å²) in [6.07, 6.45) is 2.27. The molecule has 0 radical (unpaired) electrons. The van der Waals surface area contributed by atoms with Gasteiger partial charge in [0.05, 0.1) is 0 Å². The van der Waals surface area contributed by atoms with Crippen molar-refractivity contribution in [2.24, 2.45) is 5.92 Å². The Bertz CT molecular complexity index is 800. The van der Waals surface area contributed by atoms with Crippen molar-refractivity contribution in [1.29, 1.82) is 0 Å². The Morgan fingerprint density at radius 2 is 1.68 bits per heavy atom. The van der Waals surface area contributed by atoms with E-state index in [-0.39, 0.29) is 17.8 Å². The number of rotatable bonds is 7. The molecule has 0 saturated carbocycles. The van der Waals surface area contributed by atoms with Gasteiger partial charge in [-0.25, -0.2) is 0 Å². The number of phenolic OH excluding ortho intramolecular Hbond substituents is 1. The van der Waals surface area contributed by atoms with Crippen LogP contribution in [0.5, 0.6) is 5.75 Å². The highest BCUT2D eigenvalue weighted by atomic mass is 16.3. The summed E-state index contributed by atoms with van der Waals surface area (Å²) in [4.78, 5) is 12.2. The van der Waals surface area contributed by atoms with Gasteiger partial charge in [-0.3, -0.25) is 4.79 Å². The zero-order chi connectivity index (χ0) is 21.6. The van der Waals surface area contributed by atoms with Gasteiger partial charge in [-0.1, -0.05) is 67.5 Å². The summed E-state index contributed by atoms with van der Waals surface area (Å²) >= 11 is 0. The van der Waals surface area contributed by atoms with Crippen molar-refractivity contribution in [1.82, 2.24) is 0 Å². The third-order valence-electron chi connectivity index (χ3n) is 5.68. The molecular formula is C26H40O2. The molecule has 2 rings (SSSR count). The Hall–Kier alpha value is -1.83. The fourth-order valence-corrected chi connectivity index (χ4v) is 3.70. The monoisotopic (exact) mass is 384 g/mol. The Labute approximate surface area is 172 Å². The number of aryl methyl sites for hydroxylation is 2. The van der Waals surface area contributed by atoms with E-state index >= 15 is 0 Å². The largest absolute Gasteiger partial charge is 0.507 e. The van der Waals surface area contributed by atoms with Crippen LogP contribution in [0.25, 0.3) is 10.8 Å². The second-order valence-electron chi connectivity index (χ2n) is 8.27. The molecular weight excluding hydrogens is 344 g/mol. The summed E-state index contributed by atoms with van der Waals surface area (Å²) in [5.41, 5.74) is 4.50. The average Bonchev–Trinajstić information content (AvgIpc) is 2.67. The number of Topliss-reactive ketones (excluding diaryl/α,β-unsaturated/α-hetero) is 1. The predicted molar refractivity (Wildman–Crippen MR) is 123 cm³/mol. The molecule has 0 aliphatic heterocycles. The highest BCUT2D eigenvalue weighted by Crippen LogP contribution is 2.42. The van der Waals surface area contributed by atoms with Crippen LogP contribution in [-0.2, 0) is 11.2 Å². The number of fused-ring (bicyclic) bond motifs is 1. The third-order valence-corrected chi connectivity index (χ3v) is 5.68. The lowest BCUT2D eigenvalue weighted by atomic mass is 9.83. The number of benzene rings is 2. The van der Waals surface area contributed by atoms with Crippen LogP contribution in [0.4, 0.5) is 0 Å². The zero-order valence-electron chi connectivity index (χ0n) is 19.4. The molecule has 0 saturated heterocycles. The lowest BCUT2D eigenvalue weighted by molar-refractivity contribution is -0.121. The van der Waals surface area contributed by atoms with Gasteiger partial charge in [0.2, 0.25) is 0 Å². The number of ketones is 1. The normalized spacial score (nSPS) is 12.2. The molecule has 1 atom stereocenters. The van der Waals surface area contributed by atoms with Gasteiger partial charge in [-0.15, -0.1) is 0 Å². The van der Waals surface area contributed by atoms with Crippen LogP contribution in [0, 0.1) is 12.8 Å². The van der Waals surface area contributed by atoms with Crippen LogP contribution >= 0.6 is 0 Å². The fourth-order valence-electron chi connectivity index (χ4n) is 3.70. The maximum Gasteiger partial charge on any atom is 0.135 e. The fraction of sp³-hybridized carbons (Fsp3) is 0.577. The van der Waals surface area contributed by atoms with Gasteiger partial charge in [0, 0.05) is 17.9 Å². The molecule has 28 heavy (non-hydrogen) atoms.